The molecule has 0 spiro atoms. The fourth-order valence-corrected chi connectivity index (χ4v) is 4.32. The first-order valence-electron chi connectivity index (χ1n) is 9.08. The molecule has 0 aliphatic carbocycles. The van der Waals surface area contributed by atoms with E-state index in [4.69, 9.17) is 23.2 Å². The minimum atomic E-state index is 0.249. The summed E-state index contributed by atoms with van der Waals surface area (Å²) in [7, 11) is 0. The SMILES string of the molecule is CC(C)CC(=O)N1CCN(c2ccc(NCc3cnc(Cl)s3)cc2Cl)CC1. The molecule has 2 heterocycles. The monoisotopic (exact) mass is 426 g/mol. The molecular formula is C19H24Cl2N4OS. The first-order chi connectivity index (χ1) is 12.9. The summed E-state index contributed by atoms with van der Waals surface area (Å²) in [6.45, 7) is 7.91. The molecule has 146 valence electrons. The summed E-state index contributed by atoms with van der Waals surface area (Å²) in [6.07, 6.45) is 2.39. The molecule has 0 bridgehead atoms. The maximum Gasteiger partial charge on any atom is 0.222 e. The Hall–Kier alpha value is -1.50. The van der Waals surface area contributed by atoms with E-state index < -0.39 is 0 Å². The molecule has 27 heavy (non-hydrogen) atoms. The van der Waals surface area contributed by atoms with Gasteiger partial charge < -0.3 is 15.1 Å². The van der Waals surface area contributed by atoms with Gasteiger partial charge in [-0.25, -0.2) is 4.98 Å². The largest absolute Gasteiger partial charge is 0.380 e. The van der Waals surface area contributed by atoms with Crippen LogP contribution in [0.15, 0.2) is 24.4 Å². The topological polar surface area (TPSA) is 48.5 Å². The van der Waals surface area contributed by atoms with Gasteiger partial charge in [-0.3, -0.25) is 4.79 Å². The quantitative estimate of drug-likeness (QED) is 0.723. The van der Waals surface area contributed by atoms with E-state index in [-0.39, 0.29) is 5.91 Å². The maximum absolute atomic E-state index is 12.2. The summed E-state index contributed by atoms with van der Waals surface area (Å²) in [5.74, 6) is 0.643. The van der Waals surface area contributed by atoms with Crippen molar-refractivity contribution >= 4 is 51.8 Å². The number of carbonyl (C=O) groups excluding carboxylic acids is 1. The Balaban J connectivity index is 1.56. The number of benzene rings is 1. The lowest BCUT2D eigenvalue weighted by Crippen LogP contribution is -2.49. The normalized spacial score (nSPS) is 14.7. The molecule has 1 aliphatic rings. The molecule has 0 radical (unpaired) electrons. The first-order valence-corrected chi connectivity index (χ1v) is 10.7. The second kappa shape index (κ2) is 9.13. The Morgan fingerprint density at radius 2 is 2.00 bits per heavy atom. The van der Waals surface area contributed by atoms with Crippen LogP contribution < -0.4 is 10.2 Å². The molecular weight excluding hydrogens is 403 g/mol. The molecule has 1 amide bonds. The number of nitrogens with zero attached hydrogens (tertiary/aromatic N) is 3. The van der Waals surface area contributed by atoms with Gasteiger partial charge in [0.2, 0.25) is 5.91 Å². The van der Waals surface area contributed by atoms with Gasteiger partial charge in [-0.15, -0.1) is 11.3 Å². The third-order valence-electron chi connectivity index (χ3n) is 4.50. The molecule has 0 unspecified atom stereocenters. The number of anilines is 2. The lowest BCUT2D eigenvalue weighted by molar-refractivity contribution is -0.132. The van der Waals surface area contributed by atoms with E-state index in [1.807, 2.05) is 23.1 Å². The van der Waals surface area contributed by atoms with Gasteiger partial charge in [0, 0.05) is 49.4 Å². The highest BCUT2D eigenvalue weighted by molar-refractivity contribution is 7.15. The lowest BCUT2D eigenvalue weighted by Gasteiger charge is -2.37. The van der Waals surface area contributed by atoms with E-state index in [9.17, 15) is 4.79 Å². The average molecular weight is 427 g/mol. The van der Waals surface area contributed by atoms with E-state index in [0.29, 0.717) is 28.4 Å². The summed E-state index contributed by atoms with van der Waals surface area (Å²) in [4.78, 5) is 21.5. The Labute approximate surface area is 174 Å². The first kappa shape index (κ1) is 20.2. The predicted molar refractivity (Wildman–Crippen MR) is 114 cm³/mol. The summed E-state index contributed by atoms with van der Waals surface area (Å²) in [5, 5.41) is 4.05. The lowest BCUT2D eigenvalue weighted by atomic mass is 10.1. The standard InChI is InChI=1S/C19H24Cl2N4OS/c1-13(2)9-18(26)25-7-5-24(6-8-25)17-4-3-14(10-16(17)20)22-11-15-12-23-19(21)27-15/h3-4,10,12-13,22H,5-9,11H2,1-2H3. The van der Waals surface area contributed by atoms with Crippen molar-refractivity contribution in [2.75, 3.05) is 36.4 Å². The van der Waals surface area contributed by atoms with Gasteiger partial charge in [-0.2, -0.15) is 0 Å². The van der Waals surface area contributed by atoms with Gasteiger partial charge in [0.15, 0.2) is 4.47 Å². The zero-order valence-corrected chi connectivity index (χ0v) is 17.9. The molecule has 5 nitrogen and oxygen atoms in total. The number of aromatic nitrogens is 1. The van der Waals surface area contributed by atoms with Gasteiger partial charge in [-0.05, 0) is 24.1 Å². The smallest absolute Gasteiger partial charge is 0.222 e. The van der Waals surface area contributed by atoms with Crippen LogP contribution in [-0.2, 0) is 11.3 Å². The second-order valence-electron chi connectivity index (χ2n) is 7.07. The van der Waals surface area contributed by atoms with Crippen LogP contribution in [0.25, 0.3) is 0 Å². The van der Waals surface area contributed by atoms with Crippen LogP contribution in [0.4, 0.5) is 11.4 Å². The van der Waals surface area contributed by atoms with Gasteiger partial charge in [0.05, 0.1) is 17.3 Å². The number of carbonyl (C=O) groups is 1. The van der Waals surface area contributed by atoms with Crippen molar-refractivity contribution in [1.29, 1.82) is 0 Å². The zero-order valence-electron chi connectivity index (χ0n) is 15.5. The fourth-order valence-electron chi connectivity index (χ4n) is 3.10. The van der Waals surface area contributed by atoms with Gasteiger partial charge in [0.25, 0.3) is 0 Å². The number of thiazole rings is 1. The van der Waals surface area contributed by atoms with E-state index in [1.54, 1.807) is 6.20 Å². The van der Waals surface area contributed by atoms with Crippen LogP contribution in [0.2, 0.25) is 9.49 Å². The van der Waals surface area contributed by atoms with Gasteiger partial charge >= 0.3 is 0 Å². The number of piperazine rings is 1. The maximum atomic E-state index is 12.2. The Morgan fingerprint density at radius 1 is 1.26 bits per heavy atom. The van der Waals surface area contributed by atoms with Crippen molar-refractivity contribution in [2.45, 2.75) is 26.8 Å². The number of nitrogens with one attached hydrogen (secondary N) is 1. The Kier molecular flexibility index (Phi) is 6.84. The van der Waals surface area contributed by atoms with Crippen molar-refractivity contribution in [2.24, 2.45) is 5.92 Å². The Bertz CT molecular complexity index is 788. The highest BCUT2D eigenvalue weighted by Gasteiger charge is 2.22. The van der Waals surface area contributed by atoms with E-state index in [1.165, 1.54) is 11.3 Å². The van der Waals surface area contributed by atoms with E-state index in [2.05, 4.69) is 29.0 Å². The number of hydrogen-bond acceptors (Lipinski definition) is 5. The Morgan fingerprint density at radius 3 is 2.59 bits per heavy atom. The average Bonchev–Trinajstić information content (AvgIpc) is 3.05. The third-order valence-corrected chi connectivity index (χ3v) is 5.91. The van der Waals surface area contributed by atoms with E-state index in [0.717, 1.165) is 42.4 Å². The summed E-state index contributed by atoms with van der Waals surface area (Å²) in [6, 6.07) is 6.01. The molecule has 0 atom stereocenters. The van der Waals surface area contributed by atoms with Crippen LogP contribution >= 0.6 is 34.5 Å². The molecule has 1 aromatic heterocycles. The second-order valence-corrected chi connectivity index (χ2v) is 9.17. The minimum Gasteiger partial charge on any atom is -0.380 e. The number of hydrogen-bond donors (Lipinski definition) is 1. The highest BCUT2D eigenvalue weighted by atomic mass is 35.5. The van der Waals surface area contributed by atoms with Crippen molar-refractivity contribution in [3.63, 3.8) is 0 Å². The van der Waals surface area contributed by atoms with Crippen LogP contribution in [0.5, 0.6) is 0 Å². The molecule has 1 aromatic carbocycles. The summed E-state index contributed by atoms with van der Waals surface area (Å²) < 4.78 is 0.547. The highest BCUT2D eigenvalue weighted by Crippen LogP contribution is 2.30. The molecule has 1 aliphatic heterocycles. The summed E-state index contributed by atoms with van der Waals surface area (Å²) >= 11 is 13.8. The zero-order chi connectivity index (χ0) is 19.4. The van der Waals surface area contributed by atoms with Crippen LogP contribution in [-0.4, -0.2) is 42.0 Å². The van der Waals surface area contributed by atoms with Crippen molar-refractivity contribution in [3.05, 3.63) is 38.8 Å². The molecule has 1 N–H and O–H groups in total. The van der Waals surface area contributed by atoms with E-state index >= 15 is 0 Å². The molecule has 0 saturated carbocycles. The molecule has 1 saturated heterocycles. The third kappa shape index (κ3) is 5.50. The number of halogens is 2. The van der Waals surface area contributed by atoms with Crippen molar-refractivity contribution < 1.29 is 4.79 Å². The predicted octanol–water partition coefficient (Wildman–Crippen LogP) is 4.76. The van der Waals surface area contributed by atoms with Crippen molar-refractivity contribution in [1.82, 2.24) is 9.88 Å². The summed E-state index contributed by atoms with van der Waals surface area (Å²) in [5.41, 5.74) is 1.97. The van der Waals surface area contributed by atoms with Crippen LogP contribution in [0.3, 0.4) is 0 Å². The van der Waals surface area contributed by atoms with Gasteiger partial charge in [-0.1, -0.05) is 37.0 Å². The van der Waals surface area contributed by atoms with Crippen molar-refractivity contribution in [3.8, 4) is 0 Å². The molecule has 8 heteroatoms. The van der Waals surface area contributed by atoms with Crippen LogP contribution in [0, 0.1) is 5.92 Å². The number of rotatable bonds is 6. The minimum absolute atomic E-state index is 0.249. The van der Waals surface area contributed by atoms with Crippen LogP contribution in [0.1, 0.15) is 25.1 Å². The number of amides is 1. The van der Waals surface area contributed by atoms with Gasteiger partial charge in [0.1, 0.15) is 0 Å². The molecule has 3 rings (SSSR count). The molecule has 2 aromatic rings. The molecule has 1 fully saturated rings. The fraction of sp³-hybridized carbons (Fsp3) is 0.474.